The van der Waals surface area contributed by atoms with Gasteiger partial charge in [-0.05, 0) is 19.1 Å². The third kappa shape index (κ3) is 3.70. The second-order valence-corrected chi connectivity index (χ2v) is 4.47. The Morgan fingerprint density at radius 2 is 2.25 bits per heavy atom. The quantitative estimate of drug-likeness (QED) is 0.775. The van der Waals surface area contributed by atoms with Crippen LogP contribution in [0.1, 0.15) is 20.8 Å². The zero-order valence-corrected chi connectivity index (χ0v) is 10.2. The smallest absolute Gasteiger partial charge is 0.237 e. The Labute approximate surface area is 96.7 Å². The number of ether oxygens (including phenoxy) is 1. The maximum atomic E-state index is 9.16. The number of nitrogens with zero attached hydrogens (tertiary/aromatic N) is 1. The molecule has 0 fully saturated rings. The van der Waals surface area contributed by atoms with Gasteiger partial charge in [-0.1, -0.05) is 13.8 Å². The molecule has 1 heterocycles. The fourth-order valence-electron chi connectivity index (χ4n) is 1.17. The SMILES string of the molecule is CCOc1ncccc1NCC(C)(C)CO. The zero-order valence-electron chi connectivity index (χ0n) is 10.2. The number of aliphatic hydroxyl groups is 1. The van der Waals surface area contributed by atoms with Crippen LogP contribution in [0.4, 0.5) is 5.69 Å². The lowest BCUT2D eigenvalue weighted by Gasteiger charge is -2.23. The summed E-state index contributed by atoms with van der Waals surface area (Å²) in [6.07, 6.45) is 1.70. The van der Waals surface area contributed by atoms with Crippen LogP contribution in [-0.4, -0.2) is 29.8 Å². The van der Waals surface area contributed by atoms with E-state index in [0.717, 1.165) is 5.69 Å². The van der Waals surface area contributed by atoms with Crippen LogP contribution in [0.2, 0.25) is 0 Å². The van der Waals surface area contributed by atoms with Gasteiger partial charge in [0, 0.05) is 24.8 Å². The first kappa shape index (κ1) is 12.8. The average molecular weight is 224 g/mol. The second kappa shape index (κ2) is 5.70. The summed E-state index contributed by atoms with van der Waals surface area (Å²) in [7, 11) is 0. The number of hydrogen-bond acceptors (Lipinski definition) is 4. The van der Waals surface area contributed by atoms with E-state index in [1.54, 1.807) is 6.20 Å². The Kier molecular flexibility index (Phi) is 4.55. The maximum absolute atomic E-state index is 9.16. The Morgan fingerprint density at radius 1 is 1.50 bits per heavy atom. The van der Waals surface area contributed by atoms with Gasteiger partial charge < -0.3 is 15.2 Å². The summed E-state index contributed by atoms with van der Waals surface area (Å²) in [6.45, 7) is 7.33. The summed E-state index contributed by atoms with van der Waals surface area (Å²) < 4.78 is 5.40. The molecular weight excluding hydrogens is 204 g/mol. The van der Waals surface area contributed by atoms with Crippen molar-refractivity contribution in [2.24, 2.45) is 5.41 Å². The summed E-state index contributed by atoms with van der Waals surface area (Å²) in [5.74, 6) is 0.610. The van der Waals surface area contributed by atoms with Gasteiger partial charge in [0.05, 0.1) is 12.3 Å². The zero-order chi connectivity index (χ0) is 12.0. The standard InChI is InChI=1S/C12H20N2O2/c1-4-16-11-10(6-5-7-13-11)14-8-12(2,3)9-15/h5-7,14-15H,4,8-9H2,1-3H3. The molecular formula is C12H20N2O2. The van der Waals surface area contributed by atoms with Gasteiger partial charge in [0.15, 0.2) is 0 Å². The maximum Gasteiger partial charge on any atom is 0.237 e. The molecule has 2 N–H and O–H groups in total. The molecule has 0 aromatic carbocycles. The van der Waals surface area contributed by atoms with E-state index < -0.39 is 0 Å². The van der Waals surface area contributed by atoms with Gasteiger partial charge in [-0.25, -0.2) is 4.98 Å². The number of aliphatic hydroxyl groups excluding tert-OH is 1. The third-order valence-corrected chi connectivity index (χ3v) is 2.24. The molecule has 0 saturated carbocycles. The lowest BCUT2D eigenvalue weighted by molar-refractivity contribution is 0.170. The largest absolute Gasteiger partial charge is 0.476 e. The number of hydrogen-bond donors (Lipinski definition) is 2. The summed E-state index contributed by atoms with van der Waals surface area (Å²) in [5, 5.41) is 12.4. The first-order chi connectivity index (χ1) is 7.59. The molecule has 4 nitrogen and oxygen atoms in total. The minimum Gasteiger partial charge on any atom is -0.476 e. The van der Waals surface area contributed by atoms with Gasteiger partial charge in [0.1, 0.15) is 0 Å². The molecule has 0 atom stereocenters. The first-order valence-electron chi connectivity index (χ1n) is 5.51. The first-order valence-corrected chi connectivity index (χ1v) is 5.51. The lowest BCUT2D eigenvalue weighted by Crippen LogP contribution is -2.27. The van der Waals surface area contributed by atoms with Crippen molar-refractivity contribution in [3.05, 3.63) is 18.3 Å². The Hall–Kier alpha value is -1.29. The molecule has 4 heteroatoms. The molecule has 0 aliphatic rings. The highest BCUT2D eigenvalue weighted by molar-refractivity contribution is 5.52. The fraction of sp³-hybridized carbons (Fsp3) is 0.583. The minimum atomic E-state index is -0.153. The van der Waals surface area contributed by atoms with Gasteiger partial charge in [-0.15, -0.1) is 0 Å². The molecule has 90 valence electrons. The van der Waals surface area contributed by atoms with Crippen molar-refractivity contribution in [3.63, 3.8) is 0 Å². The van der Waals surface area contributed by atoms with Crippen molar-refractivity contribution in [2.75, 3.05) is 25.1 Å². The van der Waals surface area contributed by atoms with Crippen LogP contribution >= 0.6 is 0 Å². The van der Waals surface area contributed by atoms with E-state index in [0.29, 0.717) is 19.0 Å². The molecule has 0 radical (unpaired) electrons. The van der Waals surface area contributed by atoms with E-state index in [-0.39, 0.29) is 12.0 Å². The average Bonchev–Trinajstić information content (AvgIpc) is 2.28. The van der Waals surface area contributed by atoms with Crippen molar-refractivity contribution >= 4 is 5.69 Å². The van der Waals surface area contributed by atoms with Crippen LogP contribution in [0, 0.1) is 5.41 Å². The molecule has 1 aromatic rings. The fourth-order valence-corrected chi connectivity index (χ4v) is 1.17. The van der Waals surface area contributed by atoms with E-state index in [2.05, 4.69) is 10.3 Å². The number of pyridine rings is 1. The van der Waals surface area contributed by atoms with Crippen molar-refractivity contribution in [2.45, 2.75) is 20.8 Å². The summed E-state index contributed by atoms with van der Waals surface area (Å²) in [4.78, 5) is 4.15. The normalized spacial score (nSPS) is 11.2. The topological polar surface area (TPSA) is 54.4 Å². The molecule has 0 aliphatic heterocycles. The summed E-state index contributed by atoms with van der Waals surface area (Å²) in [5.41, 5.74) is 0.713. The highest BCUT2D eigenvalue weighted by atomic mass is 16.5. The minimum absolute atomic E-state index is 0.143. The molecule has 0 bridgehead atoms. The Morgan fingerprint density at radius 3 is 2.88 bits per heavy atom. The second-order valence-electron chi connectivity index (χ2n) is 4.47. The Bertz CT molecular complexity index is 327. The molecule has 1 aromatic heterocycles. The molecule has 0 amide bonds. The number of nitrogens with one attached hydrogen (secondary N) is 1. The van der Waals surface area contributed by atoms with E-state index in [9.17, 15) is 0 Å². The molecule has 0 saturated heterocycles. The number of rotatable bonds is 6. The van der Waals surface area contributed by atoms with Gasteiger partial charge >= 0.3 is 0 Å². The van der Waals surface area contributed by atoms with Crippen molar-refractivity contribution in [1.29, 1.82) is 0 Å². The monoisotopic (exact) mass is 224 g/mol. The van der Waals surface area contributed by atoms with Crippen molar-refractivity contribution in [1.82, 2.24) is 4.98 Å². The number of aromatic nitrogens is 1. The molecule has 1 rings (SSSR count). The van der Waals surface area contributed by atoms with Gasteiger partial charge in [0.25, 0.3) is 0 Å². The Balaban J connectivity index is 2.66. The van der Waals surface area contributed by atoms with Crippen LogP contribution < -0.4 is 10.1 Å². The van der Waals surface area contributed by atoms with E-state index in [4.69, 9.17) is 9.84 Å². The molecule has 16 heavy (non-hydrogen) atoms. The van der Waals surface area contributed by atoms with E-state index in [1.807, 2.05) is 32.9 Å². The van der Waals surface area contributed by atoms with Gasteiger partial charge in [0.2, 0.25) is 5.88 Å². The lowest BCUT2D eigenvalue weighted by atomic mass is 9.95. The number of anilines is 1. The van der Waals surface area contributed by atoms with Crippen LogP contribution in [0.15, 0.2) is 18.3 Å². The van der Waals surface area contributed by atoms with Gasteiger partial charge in [-0.3, -0.25) is 0 Å². The third-order valence-electron chi connectivity index (χ3n) is 2.24. The van der Waals surface area contributed by atoms with Crippen LogP contribution in [0.5, 0.6) is 5.88 Å². The highest BCUT2D eigenvalue weighted by Crippen LogP contribution is 2.22. The predicted octanol–water partition coefficient (Wildman–Crippen LogP) is 1.91. The van der Waals surface area contributed by atoms with E-state index >= 15 is 0 Å². The molecule has 0 aliphatic carbocycles. The highest BCUT2D eigenvalue weighted by Gasteiger charge is 2.16. The summed E-state index contributed by atoms with van der Waals surface area (Å²) >= 11 is 0. The van der Waals surface area contributed by atoms with Gasteiger partial charge in [-0.2, -0.15) is 0 Å². The van der Waals surface area contributed by atoms with Crippen LogP contribution in [0.3, 0.4) is 0 Å². The van der Waals surface area contributed by atoms with Crippen molar-refractivity contribution in [3.8, 4) is 5.88 Å². The molecule has 0 spiro atoms. The summed E-state index contributed by atoms with van der Waals surface area (Å²) in [6, 6.07) is 3.78. The van der Waals surface area contributed by atoms with Crippen LogP contribution in [-0.2, 0) is 0 Å². The van der Waals surface area contributed by atoms with Crippen molar-refractivity contribution < 1.29 is 9.84 Å². The molecule has 0 unspecified atom stereocenters. The van der Waals surface area contributed by atoms with E-state index in [1.165, 1.54) is 0 Å². The predicted molar refractivity (Wildman–Crippen MR) is 64.8 cm³/mol. The van der Waals surface area contributed by atoms with Crippen LogP contribution in [0.25, 0.3) is 0 Å².